The number of anilines is 1. The van der Waals surface area contributed by atoms with Gasteiger partial charge in [-0.15, -0.1) is 0 Å². The van der Waals surface area contributed by atoms with E-state index in [-0.39, 0.29) is 35.4 Å². The number of carboxylic acids is 1. The fourth-order valence-electron chi connectivity index (χ4n) is 3.31. The summed E-state index contributed by atoms with van der Waals surface area (Å²) in [5.41, 5.74) is 3.71. The van der Waals surface area contributed by atoms with E-state index in [0.29, 0.717) is 12.4 Å². The quantitative estimate of drug-likeness (QED) is 0.555. The molecule has 0 saturated heterocycles. The van der Waals surface area contributed by atoms with Gasteiger partial charge in [0.2, 0.25) is 5.43 Å². The maximum absolute atomic E-state index is 14.9. The van der Waals surface area contributed by atoms with Crippen molar-refractivity contribution < 1.29 is 27.9 Å². The van der Waals surface area contributed by atoms with Crippen molar-refractivity contribution in [2.75, 3.05) is 18.0 Å². The largest absolute Gasteiger partial charge is 0.477 e. The third-order valence-electron chi connectivity index (χ3n) is 4.62. The number of nitrogens with zero attached hydrogens (tertiary/aromatic N) is 2. The second-order valence-electron chi connectivity index (χ2n) is 7.01. The number of carboxylic acid groups (broad SMARTS) is 1. The van der Waals surface area contributed by atoms with Gasteiger partial charge in [-0.3, -0.25) is 4.79 Å². The molecule has 0 radical (unpaired) electrons. The molecule has 0 aliphatic heterocycles. The molecule has 10 heteroatoms. The number of aromatic nitrogens is 1. The highest BCUT2D eigenvalue weighted by Gasteiger charge is 2.21. The Labute approximate surface area is 174 Å². The molecule has 1 aromatic heterocycles. The fraction of sp³-hybridized carbons (Fsp3) is 0.190. The minimum atomic E-state index is -1.59. The number of aldehydes is 1. The normalized spacial score (nSPS) is 12.0. The molecule has 0 amide bonds. The standard InChI is InChI=1S/C21H18F3N3O4/c1-11(25)9-26(4-5-28)19-8-18-13(7-16(19)24)20(29)14(21(30)31)10-27(18)17-3-2-12(22)6-15(17)23/h2-3,5-8,10-11H,4,9,25H2,1H3,(H,30,31). The Hall–Kier alpha value is -3.66. The summed E-state index contributed by atoms with van der Waals surface area (Å²) in [6.45, 7) is 1.55. The number of hydrogen-bond donors (Lipinski definition) is 2. The van der Waals surface area contributed by atoms with Crippen molar-refractivity contribution in [3.63, 3.8) is 0 Å². The maximum Gasteiger partial charge on any atom is 0.341 e. The van der Waals surface area contributed by atoms with Gasteiger partial charge in [0.15, 0.2) is 0 Å². The monoisotopic (exact) mass is 433 g/mol. The van der Waals surface area contributed by atoms with Gasteiger partial charge >= 0.3 is 5.97 Å². The molecule has 1 atom stereocenters. The molecule has 7 nitrogen and oxygen atoms in total. The molecule has 1 unspecified atom stereocenters. The highest BCUT2D eigenvalue weighted by molar-refractivity contribution is 5.94. The van der Waals surface area contributed by atoms with Crippen LogP contribution in [0.25, 0.3) is 16.6 Å². The summed E-state index contributed by atoms with van der Waals surface area (Å²) in [4.78, 5) is 36.6. The second kappa shape index (κ2) is 8.60. The van der Waals surface area contributed by atoms with Crippen LogP contribution < -0.4 is 16.1 Å². The summed E-state index contributed by atoms with van der Waals surface area (Å²) in [5, 5.41) is 9.05. The first-order chi connectivity index (χ1) is 14.6. The first-order valence-corrected chi connectivity index (χ1v) is 9.15. The predicted molar refractivity (Wildman–Crippen MR) is 108 cm³/mol. The van der Waals surface area contributed by atoms with Crippen LogP contribution in [0, 0.1) is 17.5 Å². The van der Waals surface area contributed by atoms with Gasteiger partial charge in [0, 0.05) is 30.2 Å². The molecular formula is C21H18F3N3O4. The topological polar surface area (TPSA) is 106 Å². The van der Waals surface area contributed by atoms with E-state index in [9.17, 15) is 32.7 Å². The Morgan fingerprint density at radius 2 is 1.94 bits per heavy atom. The Morgan fingerprint density at radius 1 is 1.23 bits per heavy atom. The van der Waals surface area contributed by atoms with Gasteiger partial charge in [-0.2, -0.15) is 0 Å². The molecule has 3 rings (SSSR count). The van der Waals surface area contributed by atoms with Gasteiger partial charge in [-0.1, -0.05) is 0 Å². The average molecular weight is 433 g/mol. The van der Waals surface area contributed by atoms with E-state index in [2.05, 4.69) is 0 Å². The molecule has 1 heterocycles. The first kappa shape index (κ1) is 22.0. The van der Waals surface area contributed by atoms with Gasteiger partial charge in [-0.05, 0) is 31.2 Å². The van der Waals surface area contributed by atoms with Crippen molar-refractivity contribution in [2.45, 2.75) is 13.0 Å². The van der Waals surface area contributed by atoms with E-state index in [0.717, 1.165) is 29.0 Å². The summed E-state index contributed by atoms with van der Waals surface area (Å²) in [7, 11) is 0. The zero-order valence-corrected chi connectivity index (χ0v) is 16.3. The third-order valence-corrected chi connectivity index (χ3v) is 4.62. The zero-order chi connectivity index (χ0) is 22.9. The highest BCUT2D eigenvalue weighted by atomic mass is 19.1. The van der Waals surface area contributed by atoms with Crippen LogP contribution >= 0.6 is 0 Å². The molecule has 0 saturated carbocycles. The number of carbonyl (C=O) groups is 2. The van der Waals surface area contributed by atoms with Crippen LogP contribution in [0.4, 0.5) is 18.9 Å². The van der Waals surface area contributed by atoms with Gasteiger partial charge in [-0.25, -0.2) is 18.0 Å². The minimum Gasteiger partial charge on any atom is -0.477 e. The summed E-state index contributed by atoms with van der Waals surface area (Å²) in [5.74, 6) is -4.36. The smallest absolute Gasteiger partial charge is 0.341 e. The summed E-state index contributed by atoms with van der Waals surface area (Å²) < 4.78 is 43.8. The van der Waals surface area contributed by atoms with Crippen molar-refractivity contribution in [1.29, 1.82) is 0 Å². The van der Waals surface area contributed by atoms with Crippen molar-refractivity contribution in [3.8, 4) is 5.69 Å². The molecule has 3 N–H and O–H groups in total. The number of pyridine rings is 1. The molecule has 2 aromatic carbocycles. The van der Waals surface area contributed by atoms with Gasteiger partial charge in [0.1, 0.15) is 29.3 Å². The van der Waals surface area contributed by atoms with Crippen LogP contribution in [0.5, 0.6) is 0 Å². The average Bonchev–Trinajstić information content (AvgIpc) is 2.68. The van der Waals surface area contributed by atoms with E-state index in [1.165, 1.54) is 11.0 Å². The van der Waals surface area contributed by atoms with Crippen LogP contribution in [0.1, 0.15) is 17.3 Å². The molecule has 0 fully saturated rings. The molecule has 0 spiro atoms. The van der Waals surface area contributed by atoms with E-state index in [1.54, 1.807) is 6.92 Å². The lowest BCUT2D eigenvalue weighted by molar-refractivity contribution is -0.106. The Balaban J connectivity index is 2.40. The van der Waals surface area contributed by atoms with Crippen LogP contribution in [-0.4, -0.2) is 41.1 Å². The van der Waals surface area contributed by atoms with Crippen molar-refractivity contribution >= 4 is 28.8 Å². The van der Waals surface area contributed by atoms with Crippen LogP contribution in [0.2, 0.25) is 0 Å². The van der Waals surface area contributed by atoms with E-state index >= 15 is 0 Å². The van der Waals surface area contributed by atoms with E-state index < -0.39 is 40.5 Å². The molecule has 162 valence electrons. The molecule has 0 aliphatic rings. The lowest BCUT2D eigenvalue weighted by Crippen LogP contribution is -2.37. The van der Waals surface area contributed by atoms with Crippen LogP contribution in [-0.2, 0) is 4.79 Å². The Morgan fingerprint density at radius 3 is 2.52 bits per heavy atom. The molecule has 3 aromatic rings. The Kier molecular flexibility index (Phi) is 6.11. The summed E-state index contributed by atoms with van der Waals surface area (Å²) in [6, 6.07) is 4.22. The highest BCUT2D eigenvalue weighted by Crippen LogP contribution is 2.28. The lowest BCUT2D eigenvalue weighted by Gasteiger charge is -2.25. The van der Waals surface area contributed by atoms with Crippen molar-refractivity contribution in [2.24, 2.45) is 5.73 Å². The molecule has 31 heavy (non-hydrogen) atoms. The Bertz CT molecular complexity index is 1240. The third kappa shape index (κ3) is 4.29. The van der Waals surface area contributed by atoms with Gasteiger partial charge in [0.05, 0.1) is 23.4 Å². The summed E-state index contributed by atoms with van der Waals surface area (Å²) in [6.07, 6.45) is 1.44. The van der Waals surface area contributed by atoms with Crippen LogP contribution in [0.15, 0.2) is 41.3 Å². The number of halogens is 3. The van der Waals surface area contributed by atoms with E-state index in [4.69, 9.17) is 5.73 Å². The number of fused-ring (bicyclic) bond motifs is 1. The fourth-order valence-corrected chi connectivity index (χ4v) is 3.31. The zero-order valence-electron chi connectivity index (χ0n) is 16.3. The van der Waals surface area contributed by atoms with Crippen molar-refractivity contribution in [1.82, 2.24) is 4.57 Å². The lowest BCUT2D eigenvalue weighted by atomic mass is 10.1. The van der Waals surface area contributed by atoms with E-state index in [1.807, 2.05) is 0 Å². The number of rotatable bonds is 7. The molecule has 0 bridgehead atoms. The maximum atomic E-state index is 14.9. The number of hydrogen-bond acceptors (Lipinski definition) is 5. The van der Waals surface area contributed by atoms with Gasteiger partial charge in [0.25, 0.3) is 0 Å². The first-order valence-electron chi connectivity index (χ1n) is 9.15. The second-order valence-corrected chi connectivity index (χ2v) is 7.01. The summed E-state index contributed by atoms with van der Waals surface area (Å²) >= 11 is 0. The van der Waals surface area contributed by atoms with Crippen molar-refractivity contribution in [3.05, 3.63) is 69.8 Å². The number of aromatic carboxylic acids is 1. The minimum absolute atomic E-state index is 0.0301. The number of carbonyl (C=O) groups excluding carboxylic acids is 1. The number of nitrogens with two attached hydrogens (primary N) is 1. The number of benzene rings is 2. The van der Waals surface area contributed by atoms with Crippen LogP contribution in [0.3, 0.4) is 0 Å². The predicted octanol–water partition coefficient (Wildman–Crippen LogP) is 2.46. The molecule has 0 aliphatic carbocycles. The van der Waals surface area contributed by atoms with Gasteiger partial charge < -0.3 is 25.1 Å². The molecular weight excluding hydrogens is 415 g/mol. The SMILES string of the molecule is CC(N)CN(CC=O)c1cc2c(cc1F)c(=O)c(C(=O)O)cn2-c1ccc(F)cc1F.